The van der Waals surface area contributed by atoms with E-state index in [1.54, 1.807) is 22.8 Å². The van der Waals surface area contributed by atoms with Gasteiger partial charge in [-0.1, -0.05) is 29.8 Å². The summed E-state index contributed by atoms with van der Waals surface area (Å²) in [5, 5.41) is 8.48. The lowest BCUT2D eigenvalue weighted by molar-refractivity contribution is 0.628. The highest BCUT2D eigenvalue weighted by Gasteiger charge is 2.15. The van der Waals surface area contributed by atoms with Crippen LogP contribution in [0.4, 0.5) is 15.9 Å². The summed E-state index contributed by atoms with van der Waals surface area (Å²) in [5.74, 6) is 0.737. The summed E-state index contributed by atoms with van der Waals surface area (Å²) in [6, 6.07) is 15.9. The average Bonchev–Trinajstić information content (AvgIpc) is 3.30. The summed E-state index contributed by atoms with van der Waals surface area (Å²) in [4.78, 5) is 4.62. The molecule has 0 saturated heterocycles. The second-order valence-electron chi connectivity index (χ2n) is 6.04. The number of anilines is 2. The van der Waals surface area contributed by atoms with Gasteiger partial charge in [0.1, 0.15) is 23.0 Å². The van der Waals surface area contributed by atoms with Crippen LogP contribution in [0.1, 0.15) is 0 Å². The van der Waals surface area contributed by atoms with Crippen molar-refractivity contribution in [2.24, 2.45) is 0 Å². The normalized spacial score (nSPS) is 11.3. The van der Waals surface area contributed by atoms with Crippen molar-refractivity contribution in [3.05, 3.63) is 77.8 Å². The van der Waals surface area contributed by atoms with E-state index in [4.69, 9.17) is 16.0 Å². The fourth-order valence-electron chi connectivity index (χ4n) is 2.95. The molecule has 2 aromatic carbocycles. The van der Waals surface area contributed by atoms with Crippen LogP contribution in [-0.2, 0) is 0 Å². The number of rotatable bonds is 3. The van der Waals surface area contributed by atoms with Crippen molar-refractivity contribution in [2.75, 3.05) is 5.32 Å². The zero-order chi connectivity index (χ0) is 18.4. The maximum absolute atomic E-state index is 13.5. The first kappa shape index (κ1) is 15.8. The Kier molecular flexibility index (Phi) is 3.58. The number of para-hydroxylation sites is 1. The minimum Gasteiger partial charge on any atom is -0.456 e. The lowest BCUT2D eigenvalue weighted by Gasteiger charge is -2.11. The summed E-state index contributed by atoms with van der Waals surface area (Å²) in [7, 11) is 0. The number of hydrogen-bond donors (Lipinski definition) is 1. The summed E-state index contributed by atoms with van der Waals surface area (Å²) in [6.07, 6.45) is 3.51. The third kappa shape index (κ3) is 2.80. The van der Waals surface area contributed by atoms with Gasteiger partial charge < -0.3 is 9.73 Å². The fraction of sp³-hybridized carbons (Fsp3) is 0. The van der Waals surface area contributed by atoms with Crippen molar-refractivity contribution in [3.63, 3.8) is 0 Å². The molecule has 0 bridgehead atoms. The molecule has 0 fully saturated rings. The molecule has 5 rings (SSSR count). The molecule has 0 aliphatic rings. The van der Waals surface area contributed by atoms with Crippen molar-refractivity contribution < 1.29 is 8.81 Å². The molecule has 0 aliphatic heterocycles. The van der Waals surface area contributed by atoms with Crippen LogP contribution in [0.3, 0.4) is 0 Å². The van der Waals surface area contributed by atoms with Crippen LogP contribution in [-0.4, -0.2) is 14.6 Å². The second kappa shape index (κ2) is 6.10. The van der Waals surface area contributed by atoms with Gasteiger partial charge in [-0.2, -0.15) is 5.10 Å². The monoisotopic (exact) mass is 378 g/mol. The Morgan fingerprint density at radius 2 is 1.96 bits per heavy atom. The lowest BCUT2D eigenvalue weighted by Crippen LogP contribution is -2.00. The van der Waals surface area contributed by atoms with E-state index in [0.29, 0.717) is 22.9 Å². The molecule has 1 N–H and O–H groups in total. The van der Waals surface area contributed by atoms with E-state index < -0.39 is 5.82 Å². The fourth-order valence-corrected chi connectivity index (χ4v) is 3.13. The molecular weight excluding hydrogens is 367 g/mol. The Morgan fingerprint density at radius 1 is 1.07 bits per heavy atom. The van der Waals surface area contributed by atoms with Crippen LogP contribution >= 0.6 is 11.6 Å². The average molecular weight is 379 g/mol. The molecule has 0 radical (unpaired) electrons. The summed E-state index contributed by atoms with van der Waals surface area (Å²) >= 11 is 5.90. The highest BCUT2D eigenvalue weighted by molar-refractivity contribution is 6.31. The number of furan rings is 1. The van der Waals surface area contributed by atoms with Gasteiger partial charge in [0.05, 0.1) is 16.8 Å². The summed E-state index contributed by atoms with van der Waals surface area (Å²) in [6.45, 7) is 0. The van der Waals surface area contributed by atoms with Crippen molar-refractivity contribution in [1.29, 1.82) is 0 Å². The van der Waals surface area contributed by atoms with Crippen LogP contribution in [0.2, 0.25) is 5.02 Å². The van der Waals surface area contributed by atoms with Gasteiger partial charge in [0, 0.05) is 23.3 Å². The van der Waals surface area contributed by atoms with Gasteiger partial charge in [-0.25, -0.2) is 13.9 Å². The Bertz CT molecular complexity index is 1260. The predicted octanol–water partition coefficient (Wildman–Crippen LogP) is 5.68. The molecule has 0 spiro atoms. The molecule has 0 amide bonds. The van der Waals surface area contributed by atoms with Gasteiger partial charge in [0.25, 0.3) is 0 Å². The molecule has 0 saturated carbocycles. The Balaban J connectivity index is 1.67. The zero-order valence-corrected chi connectivity index (χ0v) is 14.6. The number of nitrogens with zero attached hydrogens (tertiary/aromatic N) is 3. The van der Waals surface area contributed by atoms with E-state index in [0.717, 1.165) is 16.5 Å². The van der Waals surface area contributed by atoms with E-state index in [1.807, 2.05) is 36.5 Å². The van der Waals surface area contributed by atoms with Crippen LogP contribution in [0.5, 0.6) is 0 Å². The van der Waals surface area contributed by atoms with Crippen molar-refractivity contribution in [2.45, 2.75) is 0 Å². The molecule has 5 aromatic rings. The topological polar surface area (TPSA) is 55.4 Å². The van der Waals surface area contributed by atoms with Crippen molar-refractivity contribution in [3.8, 4) is 11.3 Å². The van der Waals surface area contributed by atoms with Gasteiger partial charge in [-0.05, 0) is 30.3 Å². The molecule has 0 atom stereocenters. The number of fused-ring (bicyclic) bond motifs is 2. The largest absolute Gasteiger partial charge is 0.456 e. The van der Waals surface area contributed by atoms with Crippen LogP contribution in [0.15, 0.2) is 71.4 Å². The molecule has 7 heteroatoms. The van der Waals surface area contributed by atoms with Gasteiger partial charge >= 0.3 is 0 Å². The molecule has 5 nitrogen and oxygen atoms in total. The van der Waals surface area contributed by atoms with Crippen LogP contribution in [0.25, 0.3) is 27.9 Å². The van der Waals surface area contributed by atoms with Crippen LogP contribution in [0, 0.1) is 5.82 Å². The van der Waals surface area contributed by atoms with Gasteiger partial charge in [0.15, 0.2) is 5.65 Å². The molecule has 0 aliphatic carbocycles. The first-order valence-corrected chi connectivity index (χ1v) is 8.60. The first-order valence-electron chi connectivity index (χ1n) is 8.23. The third-order valence-electron chi connectivity index (χ3n) is 4.26. The Hall–Kier alpha value is -3.38. The number of aromatic nitrogens is 3. The highest BCUT2D eigenvalue weighted by atomic mass is 35.5. The zero-order valence-electron chi connectivity index (χ0n) is 13.9. The number of halogens is 2. The standard InChI is InChI=1S/C20H12ClFN4O/c21-15-10-13(5-6-16(15)22)24-20-14(11-26-19(25-20)7-8-23-26)18-9-12-3-1-2-4-17(12)27-18/h1-11H,(H,24,25). The summed E-state index contributed by atoms with van der Waals surface area (Å²) in [5.41, 5.74) is 2.80. The Labute approximate surface area is 158 Å². The maximum atomic E-state index is 13.5. The highest BCUT2D eigenvalue weighted by Crippen LogP contribution is 2.34. The minimum atomic E-state index is -0.473. The van der Waals surface area contributed by atoms with E-state index in [-0.39, 0.29) is 5.02 Å². The third-order valence-corrected chi connectivity index (χ3v) is 4.55. The maximum Gasteiger partial charge on any atom is 0.157 e. The van der Waals surface area contributed by atoms with E-state index >= 15 is 0 Å². The van der Waals surface area contributed by atoms with Crippen molar-refractivity contribution in [1.82, 2.24) is 14.6 Å². The number of hydrogen-bond acceptors (Lipinski definition) is 4. The number of nitrogens with one attached hydrogen (secondary N) is 1. The lowest BCUT2D eigenvalue weighted by atomic mass is 10.2. The molecule has 132 valence electrons. The van der Waals surface area contributed by atoms with Gasteiger partial charge in [0.2, 0.25) is 0 Å². The molecule has 3 aromatic heterocycles. The molecular formula is C20H12ClFN4O. The molecule has 3 heterocycles. The Morgan fingerprint density at radius 3 is 2.81 bits per heavy atom. The quantitative estimate of drug-likeness (QED) is 0.439. The smallest absolute Gasteiger partial charge is 0.157 e. The first-order chi connectivity index (χ1) is 13.2. The van der Waals surface area contributed by atoms with Crippen LogP contribution < -0.4 is 5.32 Å². The van der Waals surface area contributed by atoms with E-state index in [2.05, 4.69) is 15.4 Å². The minimum absolute atomic E-state index is 0.0377. The molecule has 27 heavy (non-hydrogen) atoms. The van der Waals surface area contributed by atoms with E-state index in [9.17, 15) is 4.39 Å². The number of benzene rings is 2. The predicted molar refractivity (Wildman–Crippen MR) is 103 cm³/mol. The SMILES string of the molecule is Fc1ccc(Nc2nc3ccnn3cc2-c2cc3ccccc3o2)cc1Cl. The van der Waals surface area contributed by atoms with Crippen molar-refractivity contribution >= 4 is 39.7 Å². The molecule has 0 unspecified atom stereocenters. The van der Waals surface area contributed by atoms with Gasteiger partial charge in [-0.3, -0.25) is 0 Å². The van der Waals surface area contributed by atoms with Gasteiger partial charge in [-0.15, -0.1) is 0 Å². The van der Waals surface area contributed by atoms with E-state index in [1.165, 1.54) is 12.1 Å². The second-order valence-corrected chi connectivity index (χ2v) is 6.45. The summed E-state index contributed by atoms with van der Waals surface area (Å²) < 4.78 is 21.1.